The zero-order chi connectivity index (χ0) is 11.0. The van der Waals surface area contributed by atoms with E-state index < -0.39 is 0 Å². The van der Waals surface area contributed by atoms with Crippen molar-refractivity contribution < 1.29 is 5.11 Å². The van der Waals surface area contributed by atoms with Gasteiger partial charge in [0.1, 0.15) is 0 Å². The highest BCUT2D eigenvalue weighted by Crippen LogP contribution is 2.09. The van der Waals surface area contributed by atoms with Crippen molar-refractivity contribution in [1.29, 1.82) is 0 Å². The van der Waals surface area contributed by atoms with E-state index in [0.717, 1.165) is 19.3 Å². The first-order chi connectivity index (χ1) is 6.52. The Morgan fingerprint density at radius 1 is 1.07 bits per heavy atom. The molecule has 80 valence electrons. The Bertz CT molecular complexity index is 230. The van der Waals surface area contributed by atoms with Crippen LogP contribution in [0.15, 0.2) is 35.6 Å². The van der Waals surface area contributed by atoms with Crippen LogP contribution < -0.4 is 0 Å². The van der Waals surface area contributed by atoms with Crippen LogP contribution in [0.2, 0.25) is 0 Å². The lowest BCUT2D eigenvalue weighted by Crippen LogP contribution is -1.80. The number of aliphatic hydroxyl groups excluding tert-OH is 1. The molecule has 0 bridgehead atoms. The first-order valence-electron chi connectivity index (χ1n) is 5.18. The summed E-state index contributed by atoms with van der Waals surface area (Å²) in [6, 6.07) is 0. The van der Waals surface area contributed by atoms with E-state index in [4.69, 9.17) is 5.11 Å². The molecule has 0 rings (SSSR count). The molecule has 0 aromatic rings. The fourth-order valence-electron chi connectivity index (χ4n) is 1.18. The molecular weight excluding hydrogens is 172 g/mol. The van der Waals surface area contributed by atoms with E-state index >= 15 is 0 Å². The minimum atomic E-state index is 0.276. The molecule has 0 aliphatic rings. The molecule has 0 aromatic carbocycles. The maximum atomic E-state index is 8.88. The predicted molar refractivity (Wildman–Crippen MR) is 63.4 cm³/mol. The Labute approximate surface area is 87.8 Å². The number of allylic oxidation sites excluding steroid dienone is 5. The van der Waals surface area contributed by atoms with Crippen molar-refractivity contribution in [3.63, 3.8) is 0 Å². The lowest BCUT2D eigenvalue weighted by molar-refractivity contribution is 0.392. The summed E-state index contributed by atoms with van der Waals surface area (Å²) in [5.41, 5.74) is 2.77. The minimum Gasteiger partial charge on any atom is -0.513 e. The molecule has 0 spiro atoms. The molecule has 1 nitrogen and oxygen atoms in total. The Hall–Kier alpha value is -0.980. The molecule has 14 heavy (non-hydrogen) atoms. The summed E-state index contributed by atoms with van der Waals surface area (Å²) in [5.74, 6) is 0.276. The van der Waals surface area contributed by atoms with Crippen LogP contribution in [0.25, 0.3) is 0 Å². The topological polar surface area (TPSA) is 20.2 Å². The van der Waals surface area contributed by atoms with Crippen LogP contribution in [0, 0.1) is 0 Å². The van der Waals surface area contributed by atoms with Gasteiger partial charge in [-0.1, -0.05) is 29.9 Å². The summed E-state index contributed by atoms with van der Waals surface area (Å²) in [5, 5.41) is 8.88. The molecule has 0 aromatic heterocycles. The molecule has 0 radical (unpaired) electrons. The van der Waals surface area contributed by atoms with Crippen molar-refractivity contribution >= 4 is 0 Å². The molecule has 1 heteroatoms. The zero-order valence-electron chi connectivity index (χ0n) is 9.64. The minimum absolute atomic E-state index is 0.276. The monoisotopic (exact) mass is 194 g/mol. The second-order valence-corrected chi connectivity index (χ2v) is 3.98. The molecule has 0 heterocycles. The van der Waals surface area contributed by atoms with Crippen LogP contribution in [-0.2, 0) is 0 Å². The quantitative estimate of drug-likeness (QED) is 0.486. The molecule has 0 aliphatic heterocycles. The van der Waals surface area contributed by atoms with Crippen LogP contribution in [0.1, 0.15) is 46.5 Å². The Morgan fingerprint density at radius 3 is 2.14 bits per heavy atom. The summed E-state index contributed by atoms with van der Waals surface area (Å²) >= 11 is 0. The normalized spacial score (nSPS) is 11.2. The zero-order valence-corrected chi connectivity index (χ0v) is 9.64. The van der Waals surface area contributed by atoms with Crippen molar-refractivity contribution in [3.05, 3.63) is 35.6 Å². The van der Waals surface area contributed by atoms with Gasteiger partial charge in [0.2, 0.25) is 0 Å². The van der Waals surface area contributed by atoms with Gasteiger partial charge < -0.3 is 5.11 Å². The number of hydrogen-bond donors (Lipinski definition) is 1. The third-order valence-electron chi connectivity index (χ3n) is 2.02. The fraction of sp³-hybridized carbons (Fsp3) is 0.538. The molecule has 0 fully saturated rings. The average Bonchev–Trinajstić information content (AvgIpc) is 2.02. The lowest BCUT2D eigenvalue weighted by atomic mass is 10.1. The Kier molecular flexibility index (Phi) is 6.91. The highest BCUT2D eigenvalue weighted by atomic mass is 16.3. The third kappa shape index (κ3) is 9.11. The second kappa shape index (κ2) is 7.43. The Balaban J connectivity index is 3.67. The molecule has 0 saturated carbocycles. The standard InChI is InChI=1S/C13H22O/c1-11(2)7-5-8-12(3)9-6-10-13(4)14/h7,9,14H,4-6,8,10H2,1-3H3/b12-9+. The van der Waals surface area contributed by atoms with Gasteiger partial charge in [-0.25, -0.2) is 0 Å². The van der Waals surface area contributed by atoms with Crippen molar-refractivity contribution in [2.75, 3.05) is 0 Å². The van der Waals surface area contributed by atoms with Crippen LogP contribution in [0.4, 0.5) is 0 Å². The average molecular weight is 194 g/mol. The van der Waals surface area contributed by atoms with Crippen molar-refractivity contribution in [3.8, 4) is 0 Å². The number of rotatable bonds is 6. The van der Waals surface area contributed by atoms with E-state index in [1.165, 1.54) is 11.1 Å². The van der Waals surface area contributed by atoms with Gasteiger partial charge >= 0.3 is 0 Å². The van der Waals surface area contributed by atoms with Crippen molar-refractivity contribution in [1.82, 2.24) is 0 Å². The van der Waals surface area contributed by atoms with Crippen LogP contribution in [0.5, 0.6) is 0 Å². The van der Waals surface area contributed by atoms with Gasteiger partial charge in [-0.2, -0.15) is 0 Å². The smallest absolute Gasteiger partial charge is 0.0854 e. The first kappa shape index (κ1) is 13.0. The van der Waals surface area contributed by atoms with E-state index in [9.17, 15) is 0 Å². The van der Waals surface area contributed by atoms with Gasteiger partial charge in [-0.15, -0.1) is 0 Å². The predicted octanol–water partition coefficient (Wildman–Crippen LogP) is 4.53. The maximum absolute atomic E-state index is 8.88. The summed E-state index contributed by atoms with van der Waals surface area (Å²) in [4.78, 5) is 0. The van der Waals surface area contributed by atoms with Gasteiger partial charge in [0.15, 0.2) is 0 Å². The third-order valence-corrected chi connectivity index (χ3v) is 2.02. The largest absolute Gasteiger partial charge is 0.513 e. The molecule has 1 N–H and O–H groups in total. The maximum Gasteiger partial charge on any atom is 0.0854 e. The highest BCUT2D eigenvalue weighted by molar-refractivity contribution is 5.02. The first-order valence-corrected chi connectivity index (χ1v) is 5.18. The molecule has 0 aliphatic carbocycles. The summed E-state index contributed by atoms with van der Waals surface area (Å²) in [7, 11) is 0. The fourth-order valence-corrected chi connectivity index (χ4v) is 1.18. The van der Waals surface area contributed by atoms with Gasteiger partial charge in [0.25, 0.3) is 0 Å². The van der Waals surface area contributed by atoms with Crippen LogP contribution in [0.3, 0.4) is 0 Å². The van der Waals surface area contributed by atoms with Crippen molar-refractivity contribution in [2.45, 2.75) is 46.5 Å². The van der Waals surface area contributed by atoms with E-state index in [2.05, 4.69) is 39.5 Å². The van der Waals surface area contributed by atoms with E-state index in [0.29, 0.717) is 6.42 Å². The molecular formula is C13H22O. The van der Waals surface area contributed by atoms with Crippen LogP contribution in [-0.4, -0.2) is 5.11 Å². The van der Waals surface area contributed by atoms with Crippen LogP contribution >= 0.6 is 0 Å². The van der Waals surface area contributed by atoms with Gasteiger partial charge in [0.05, 0.1) is 5.76 Å². The summed E-state index contributed by atoms with van der Waals surface area (Å²) < 4.78 is 0. The SMILES string of the molecule is C=C(O)CC/C=C(\C)CCC=C(C)C. The molecule has 0 amide bonds. The Morgan fingerprint density at radius 2 is 1.64 bits per heavy atom. The van der Waals surface area contributed by atoms with Gasteiger partial charge in [0, 0.05) is 6.42 Å². The van der Waals surface area contributed by atoms with Gasteiger partial charge in [-0.05, 0) is 40.0 Å². The van der Waals surface area contributed by atoms with Crippen molar-refractivity contribution in [2.24, 2.45) is 0 Å². The van der Waals surface area contributed by atoms with E-state index in [-0.39, 0.29) is 5.76 Å². The molecule has 0 unspecified atom stereocenters. The lowest BCUT2D eigenvalue weighted by Gasteiger charge is -1.99. The van der Waals surface area contributed by atoms with Gasteiger partial charge in [-0.3, -0.25) is 0 Å². The highest BCUT2D eigenvalue weighted by Gasteiger charge is 1.90. The molecule has 0 atom stereocenters. The second-order valence-electron chi connectivity index (χ2n) is 3.98. The van der Waals surface area contributed by atoms with E-state index in [1.807, 2.05) is 0 Å². The molecule has 0 saturated heterocycles. The summed E-state index contributed by atoms with van der Waals surface area (Å²) in [6.07, 6.45) is 8.24. The number of hydrogen-bond acceptors (Lipinski definition) is 1. The summed E-state index contributed by atoms with van der Waals surface area (Å²) in [6.45, 7) is 9.83. The number of aliphatic hydroxyl groups is 1. The van der Waals surface area contributed by atoms with E-state index in [1.54, 1.807) is 0 Å².